The first-order chi connectivity index (χ1) is 9.88. The molecule has 0 bridgehead atoms. The molecule has 1 rings (SSSR count). The van der Waals surface area contributed by atoms with Gasteiger partial charge < -0.3 is 15.7 Å². The average Bonchev–Trinajstić information content (AvgIpc) is 2.46. The summed E-state index contributed by atoms with van der Waals surface area (Å²) in [5.74, 6) is 0.218. The molecule has 0 atom stereocenters. The van der Waals surface area contributed by atoms with E-state index >= 15 is 0 Å². The van der Waals surface area contributed by atoms with Crippen LogP contribution in [0.25, 0.3) is 0 Å². The molecule has 1 aromatic heterocycles. The second kappa shape index (κ2) is 7.61. The van der Waals surface area contributed by atoms with Gasteiger partial charge in [0.2, 0.25) is 0 Å². The predicted octanol–water partition coefficient (Wildman–Crippen LogP) is 2.55. The molecule has 3 N–H and O–H groups in total. The molecular weight excluding hydrogens is 283 g/mol. The van der Waals surface area contributed by atoms with Crippen molar-refractivity contribution >= 4 is 5.82 Å². The summed E-state index contributed by atoms with van der Waals surface area (Å²) in [5.41, 5.74) is 5.22. The minimum Gasteiger partial charge on any atom is -0.395 e. The number of hydrogen-bond donors (Lipinski definition) is 2. The van der Waals surface area contributed by atoms with Crippen molar-refractivity contribution < 1.29 is 18.3 Å². The summed E-state index contributed by atoms with van der Waals surface area (Å²) in [7, 11) is 0. The summed E-state index contributed by atoms with van der Waals surface area (Å²) in [4.78, 5) is 5.48. The summed E-state index contributed by atoms with van der Waals surface area (Å²) in [6.45, 7) is 4.08. The van der Waals surface area contributed by atoms with Crippen molar-refractivity contribution in [3.05, 3.63) is 23.4 Å². The Bertz CT molecular complexity index is 448. The molecule has 1 heterocycles. The van der Waals surface area contributed by atoms with Crippen LogP contribution in [-0.4, -0.2) is 29.3 Å². The molecule has 4 nitrogen and oxygen atoms in total. The van der Waals surface area contributed by atoms with Gasteiger partial charge in [0.1, 0.15) is 11.5 Å². The highest BCUT2D eigenvalue weighted by molar-refractivity contribution is 5.49. The van der Waals surface area contributed by atoms with E-state index in [0.717, 1.165) is 18.9 Å². The Balaban J connectivity index is 3.32. The topological polar surface area (TPSA) is 62.4 Å². The number of alkyl halides is 3. The van der Waals surface area contributed by atoms with E-state index in [1.54, 1.807) is 4.90 Å². The predicted molar refractivity (Wildman–Crippen MR) is 75.9 cm³/mol. The monoisotopic (exact) mass is 305 g/mol. The Hall–Kier alpha value is -1.34. The largest absolute Gasteiger partial charge is 0.433 e. The Morgan fingerprint density at radius 3 is 2.33 bits per heavy atom. The maximum Gasteiger partial charge on any atom is 0.433 e. The number of hydrogen-bond acceptors (Lipinski definition) is 4. The van der Waals surface area contributed by atoms with Gasteiger partial charge in [-0.25, -0.2) is 4.98 Å². The maximum atomic E-state index is 12.9. The van der Waals surface area contributed by atoms with Crippen molar-refractivity contribution in [1.82, 2.24) is 4.98 Å². The summed E-state index contributed by atoms with van der Waals surface area (Å²) >= 11 is 0. The fourth-order valence-electron chi connectivity index (χ4n) is 2.34. The third-order valence-corrected chi connectivity index (χ3v) is 3.46. The van der Waals surface area contributed by atoms with E-state index in [-0.39, 0.29) is 31.6 Å². The van der Waals surface area contributed by atoms with Gasteiger partial charge in [0, 0.05) is 24.7 Å². The summed E-state index contributed by atoms with van der Waals surface area (Å²) in [5, 5.41) is 9.21. The fraction of sp³-hybridized carbons (Fsp3) is 0.643. The standard InChI is InChI=1S/C14H22F3N3O/c1-3-11(4-2)20(7-8-21)13-10(9-18)5-6-12(19-13)14(15,16)17/h5-6,11,21H,3-4,7-9,18H2,1-2H3. The molecule has 0 fully saturated rings. The van der Waals surface area contributed by atoms with E-state index in [0.29, 0.717) is 5.56 Å². The van der Waals surface area contributed by atoms with Crippen LogP contribution in [0.3, 0.4) is 0 Å². The van der Waals surface area contributed by atoms with Crippen LogP contribution in [0.5, 0.6) is 0 Å². The van der Waals surface area contributed by atoms with Gasteiger partial charge >= 0.3 is 6.18 Å². The van der Waals surface area contributed by atoms with Crippen molar-refractivity contribution in [3.63, 3.8) is 0 Å². The molecule has 0 spiro atoms. The lowest BCUT2D eigenvalue weighted by molar-refractivity contribution is -0.141. The molecule has 0 unspecified atom stereocenters. The molecule has 0 aliphatic rings. The fourth-order valence-corrected chi connectivity index (χ4v) is 2.34. The van der Waals surface area contributed by atoms with Crippen LogP contribution in [0.1, 0.15) is 37.9 Å². The van der Waals surface area contributed by atoms with Gasteiger partial charge in [0.05, 0.1) is 6.61 Å². The van der Waals surface area contributed by atoms with E-state index in [9.17, 15) is 18.3 Å². The molecule has 7 heteroatoms. The molecule has 1 aromatic rings. The van der Waals surface area contributed by atoms with Crippen LogP contribution in [0.2, 0.25) is 0 Å². The number of anilines is 1. The molecular formula is C14H22F3N3O. The van der Waals surface area contributed by atoms with Crippen LogP contribution in [0.4, 0.5) is 19.0 Å². The van der Waals surface area contributed by atoms with Gasteiger partial charge in [-0.2, -0.15) is 13.2 Å². The highest BCUT2D eigenvalue weighted by Crippen LogP contribution is 2.31. The lowest BCUT2D eigenvalue weighted by Gasteiger charge is -2.33. The summed E-state index contributed by atoms with van der Waals surface area (Å²) < 4.78 is 38.6. The molecule has 120 valence electrons. The van der Waals surface area contributed by atoms with E-state index in [1.807, 2.05) is 13.8 Å². The van der Waals surface area contributed by atoms with Crippen molar-refractivity contribution in [2.24, 2.45) is 5.73 Å². The van der Waals surface area contributed by atoms with E-state index in [1.165, 1.54) is 6.07 Å². The summed E-state index contributed by atoms with van der Waals surface area (Å²) in [6, 6.07) is 2.31. The molecule has 21 heavy (non-hydrogen) atoms. The smallest absolute Gasteiger partial charge is 0.395 e. The van der Waals surface area contributed by atoms with Gasteiger partial charge in [-0.15, -0.1) is 0 Å². The lowest BCUT2D eigenvalue weighted by atomic mass is 10.1. The minimum atomic E-state index is -4.50. The van der Waals surface area contributed by atoms with Crippen LogP contribution >= 0.6 is 0 Å². The molecule has 0 amide bonds. The second-order valence-electron chi connectivity index (χ2n) is 4.77. The minimum absolute atomic E-state index is 0.0124. The third-order valence-electron chi connectivity index (χ3n) is 3.46. The number of aromatic nitrogens is 1. The second-order valence-corrected chi connectivity index (χ2v) is 4.77. The van der Waals surface area contributed by atoms with Crippen LogP contribution in [0.15, 0.2) is 12.1 Å². The first-order valence-electron chi connectivity index (χ1n) is 7.03. The van der Waals surface area contributed by atoms with Crippen LogP contribution < -0.4 is 10.6 Å². The Morgan fingerprint density at radius 2 is 1.90 bits per heavy atom. The van der Waals surface area contributed by atoms with Gasteiger partial charge in [0.25, 0.3) is 0 Å². The van der Waals surface area contributed by atoms with Crippen molar-refractivity contribution in [1.29, 1.82) is 0 Å². The third kappa shape index (κ3) is 4.31. The van der Waals surface area contributed by atoms with E-state index in [4.69, 9.17) is 5.73 Å². The highest BCUT2D eigenvalue weighted by atomic mass is 19.4. The SMILES string of the molecule is CCC(CC)N(CCO)c1nc(C(F)(F)F)ccc1CN. The van der Waals surface area contributed by atoms with Gasteiger partial charge in [0.15, 0.2) is 0 Å². The average molecular weight is 305 g/mol. The number of aliphatic hydroxyl groups is 1. The zero-order chi connectivity index (χ0) is 16.0. The number of nitrogens with two attached hydrogens (primary N) is 1. The maximum absolute atomic E-state index is 12.9. The molecule has 0 aliphatic carbocycles. The normalized spacial score (nSPS) is 12.0. The van der Waals surface area contributed by atoms with Crippen LogP contribution in [-0.2, 0) is 12.7 Å². The first-order valence-corrected chi connectivity index (χ1v) is 7.03. The highest BCUT2D eigenvalue weighted by Gasteiger charge is 2.34. The molecule has 0 radical (unpaired) electrons. The summed E-state index contributed by atoms with van der Waals surface area (Å²) in [6.07, 6.45) is -3.00. The number of aliphatic hydroxyl groups excluding tert-OH is 1. The quantitative estimate of drug-likeness (QED) is 0.812. The first kappa shape index (κ1) is 17.7. The Labute approximate surface area is 122 Å². The zero-order valence-corrected chi connectivity index (χ0v) is 12.3. The van der Waals surface area contributed by atoms with Gasteiger partial charge in [-0.1, -0.05) is 19.9 Å². The van der Waals surface area contributed by atoms with Gasteiger partial charge in [-0.3, -0.25) is 0 Å². The lowest BCUT2D eigenvalue weighted by Crippen LogP contribution is -2.38. The van der Waals surface area contributed by atoms with E-state index < -0.39 is 11.9 Å². The number of pyridine rings is 1. The van der Waals surface area contributed by atoms with E-state index in [2.05, 4.69) is 4.98 Å². The van der Waals surface area contributed by atoms with Crippen molar-refractivity contribution in [2.45, 2.75) is 45.5 Å². The number of rotatable bonds is 7. The van der Waals surface area contributed by atoms with Crippen LogP contribution in [0, 0.1) is 0 Å². The molecule has 0 aliphatic heterocycles. The van der Waals surface area contributed by atoms with Crippen molar-refractivity contribution in [2.75, 3.05) is 18.1 Å². The van der Waals surface area contributed by atoms with Gasteiger partial charge in [-0.05, 0) is 18.9 Å². The van der Waals surface area contributed by atoms with Crippen molar-refractivity contribution in [3.8, 4) is 0 Å². The molecule has 0 aromatic carbocycles. The number of halogens is 3. The molecule has 0 saturated heterocycles. The zero-order valence-electron chi connectivity index (χ0n) is 12.3. The molecule has 0 saturated carbocycles. The number of nitrogens with zero attached hydrogens (tertiary/aromatic N) is 2. The Kier molecular flexibility index (Phi) is 6.42. The Morgan fingerprint density at radius 1 is 1.29 bits per heavy atom.